The molecule has 2 amide bonds. The molecule has 13 nitrogen and oxygen atoms in total. The lowest BCUT2D eigenvalue weighted by atomic mass is 10.0. The summed E-state index contributed by atoms with van der Waals surface area (Å²) in [5, 5.41) is 34.3. The Labute approximate surface area is 398 Å². The zero-order chi connectivity index (χ0) is 48.4. The maximum absolute atomic E-state index is 12.7. The van der Waals surface area contributed by atoms with Crippen molar-refractivity contribution in [3.63, 3.8) is 0 Å². The molecule has 0 unspecified atom stereocenters. The van der Waals surface area contributed by atoms with Gasteiger partial charge in [0.2, 0.25) is 11.8 Å². The molecule has 0 aliphatic carbocycles. The van der Waals surface area contributed by atoms with Crippen molar-refractivity contribution in [1.82, 2.24) is 25.3 Å². The van der Waals surface area contributed by atoms with Crippen molar-refractivity contribution in [2.45, 2.75) is 233 Å². The molecular weight excluding hydrogens is 823 g/mol. The summed E-state index contributed by atoms with van der Waals surface area (Å²) in [5.74, 6) is -3.83. The molecule has 0 spiro atoms. The van der Waals surface area contributed by atoms with Gasteiger partial charge in [0.05, 0.1) is 32.7 Å². The minimum atomic E-state index is -1.09. The minimum Gasteiger partial charge on any atom is -0.480 e. The van der Waals surface area contributed by atoms with Crippen LogP contribution in [0.5, 0.6) is 0 Å². The normalized spacial score (nSPS) is 11.2. The van der Waals surface area contributed by atoms with E-state index in [4.69, 9.17) is 0 Å². The lowest BCUT2D eigenvalue weighted by Gasteiger charge is -2.28. The van der Waals surface area contributed by atoms with Gasteiger partial charge in [0.1, 0.15) is 0 Å². The topological polar surface area (TPSA) is 180 Å². The summed E-state index contributed by atoms with van der Waals surface area (Å²) in [7, 11) is 0. The average molecular weight is 926 g/mol. The second-order valence-electron chi connectivity index (χ2n) is 18.2. The quantitative estimate of drug-likeness (QED) is 0.0367. The van der Waals surface area contributed by atoms with Crippen molar-refractivity contribution in [2.75, 3.05) is 72.0 Å². The number of hydrogen-bond donors (Lipinski definition) is 5. The Morgan fingerprint density at radius 1 is 0.308 bits per heavy atom. The first kappa shape index (κ1) is 64.3. The Kier molecular flexibility index (Phi) is 50.1. The van der Waals surface area contributed by atoms with Crippen LogP contribution in [0.15, 0.2) is 0 Å². The van der Waals surface area contributed by atoms with Gasteiger partial charge in [-0.2, -0.15) is 0 Å². The highest BCUT2D eigenvalue weighted by atomic mass is 16.4. The van der Waals surface area contributed by atoms with Crippen LogP contribution < -0.4 is 10.6 Å². The molecule has 0 rings (SSSR count). The number of aliphatic carboxylic acids is 3. The molecule has 0 atom stereocenters. The molecule has 0 aromatic rings. The van der Waals surface area contributed by atoms with Crippen LogP contribution in [-0.2, 0) is 24.0 Å². The fourth-order valence-electron chi connectivity index (χ4n) is 8.16. The third-order valence-electron chi connectivity index (χ3n) is 12.0. The Bertz CT molecular complexity index is 1040. The maximum Gasteiger partial charge on any atom is 0.317 e. The monoisotopic (exact) mass is 926 g/mol. The first-order valence-corrected chi connectivity index (χ1v) is 26.9. The molecule has 0 radical (unpaired) electrons. The van der Waals surface area contributed by atoms with Crippen molar-refractivity contribution >= 4 is 29.7 Å². The standard InChI is InChI=1S/C50H97N5O8.C2H6/c1-3-5-7-9-11-13-15-17-19-21-23-25-27-29-31-33-35-51-46(56)41-54(44-49(60)61)39-37-53(43-48(58)59)38-40-55(45-50(62)63)42-47(57)52-36-34-32-30-28-26-24-22-20-18-16-14-12-10-8-6-4-2;1-2/h3-45H2,1-2H3,(H,51,56)(H,52,57)(H,58,59)(H,60,61)(H,62,63);1-2H3. The van der Waals surface area contributed by atoms with Crippen molar-refractivity contribution in [1.29, 1.82) is 0 Å². The third kappa shape index (κ3) is 50.5. The molecule has 0 aromatic carbocycles. The highest BCUT2D eigenvalue weighted by molar-refractivity contribution is 5.79. The average Bonchev–Trinajstić information content (AvgIpc) is 3.26. The van der Waals surface area contributed by atoms with Crippen molar-refractivity contribution < 1.29 is 39.3 Å². The van der Waals surface area contributed by atoms with Gasteiger partial charge in [-0.3, -0.25) is 38.7 Å². The molecule has 384 valence electrons. The molecule has 0 aliphatic rings. The molecule has 0 fully saturated rings. The zero-order valence-electron chi connectivity index (χ0n) is 42.6. The molecule has 0 aromatic heterocycles. The summed E-state index contributed by atoms with van der Waals surface area (Å²) in [6.07, 6.45) is 40.7. The second-order valence-corrected chi connectivity index (χ2v) is 18.2. The van der Waals surface area contributed by atoms with E-state index in [1.165, 1.54) is 177 Å². The van der Waals surface area contributed by atoms with Crippen molar-refractivity contribution in [3.05, 3.63) is 0 Å². The number of carboxylic acid groups (broad SMARTS) is 3. The third-order valence-corrected chi connectivity index (χ3v) is 12.0. The second kappa shape index (κ2) is 50.6. The lowest BCUT2D eigenvalue weighted by molar-refractivity contribution is -0.141. The molecule has 65 heavy (non-hydrogen) atoms. The summed E-state index contributed by atoms with van der Waals surface area (Å²) in [6, 6.07) is 0. The first-order chi connectivity index (χ1) is 31.6. The van der Waals surface area contributed by atoms with Gasteiger partial charge >= 0.3 is 17.9 Å². The fraction of sp³-hybridized carbons (Fsp3) is 0.904. The largest absolute Gasteiger partial charge is 0.480 e. The predicted octanol–water partition coefficient (Wildman–Crippen LogP) is 10.9. The van der Waals surface area contributed by atoms with Crippen molar-refractivity contribution in [2.24, 2.45) is 0 Å². The molecule has 0 aliphatic heterocycles. The number of nitrogens with zero attached hydrogens (tertiary/aromatic N) is 3. The van der Waals surface area contributed by atoms with E-state index in [-0.39, 0.29) is 70.7 Å². The van der Waals surface area contributed by atoms with Crippen LogP contribution in [0, 0.1) is 0 Å². The number of amides is 2. The Morgan fingerprint density at radius 2 is 0.508 bits per heavy atom. The Balaban J connectivity index is 0. The molecule has 0 bridgehead atoms. The smallest absolute Gasteiger partial charge is 0.317 e. The van der Waals surface area contributed by atoms with Crippen LogP contribution in [-0.4, -0.2) is 132 Å². The minimum absolute atomic E-state index is 0.128. The van der Waals surface area contributed by atoms with Crippen LogP contribution in [0.1, 0.15) is 233 Å². The molecular formula is C52H103N5O8. The van der Waals surface area contributed by atoms with E-state index in [1.54, 1.807) is 4.90 Å². The summed E-state index contributed by atoms with van der Waals surface area (Å²) in [5.41, 5.74) is 0. The molecule has 0 heterocycles. The first-order valence-electron chi connectivity index (χ1n) is 26.9. The number of carbonyl (C=O) groups excluding carboxylic acids is 2. The summed E-state index contributed by atoms with van der Waals surface area (Å²) < 4.78 is 0. The predicted molar refractivity (Wildman–Crippen MR) is 269 cm³/mol. The number of rotatable bonds is 50. The molecule has 13 heteroatoms. The van der Waals surface area contributed by atoms with Gasteiger partial charge in [0.15, 0.2) is 0 Å². The summed E-state index contributed by atoms with van der Waals surface area (Å²) in [4.78, 5) is 64.9. The van der Waals surface area contributed by atoms with Crippen LogP contribution in [0.25, 0.3) is 0 Å². The van der Waals surface area contributed by atoms with Gasteiger partial charge in [-0.25, -0.2) is 0 Å². The number of carbonyl (C=O) groups is 5. The number of nitrogens with one attached hydrogen (secondary N) is 2. The van der Waals surface area contributed by atoms with Gasteiger partial charge in [-0.05, 0) is 12.8 Å². The van der Waals surface area contributed by atoms with E-state index in [1.807, 2.05) is 13.8 Å². The van der Waals surface area contributed by atoms with Crippen LogP contribution >= 0.6 is 0 Å². The number of hydrogen-bond acceptors (Lipinski definition) is 8. The van der Waals surface area contributed by atoms with E-state index in [9.17, 15) is 39.3 Å². The van der Waals surface area contributed by atoms with E-state index in [0.29, 0.717) is 13.1 Å². The van der Waals surface area contributed by atoms with E-state index < -0.39 is 17.9 Å². The zero-order valence-corrected chi connectivity index (χ0v) is 42.6. The van der Waals surface area contributed by atoms with E-state index in [0.717, 1.165) is 38.5 Å². The van der Waals surface area contributed by atoms with E-state index >= 15 is 0 Å². The highest BCUT2D eigenvalue weighted by Gasteiger charge is 2.20. The Morgan fingerprint density at radius 3 is 0.738 bits per heavy atom. The van der Waals surface area contributed by atoms with Gasteiger partial charge < -0.3 is 26.0 Å². The summed E-state index contributed by atoms with van der Waals surface area (Å²) >= 11 is 0. The van der Waals surface area contributed by atoms with E-state index in [2.05, 4.69) is 24.5 Å². The number of unbranched alkanes of at least 4 members (excludes halogenated alkanes) is 30. The van der Waals surface area contributed by atoms with Crippen LogP contribution in [0.2, 0.25) is 0 Å². The van der Waals surface area contributed by atoms with Gasteiger partial charge in [0.25, 0.3) is 0 Å². The highest BCUT2D eigenvalue weighted by Crippen LogP contribution is 2.15. The van der Waals surface area contributed by atoms with Crippen LogP contribution in [0.4, 0.5) is 0 Å². The summed E-state index contributed by atoms with van der Waals surface area (Å²) in [6.45, 7) is 8.76. The Hall–Kier alpha value is -2.77. The number of carboxylic acids is 3. The lowest BCUT2D eigenvalue weighted by Crippen LogP contribution is -2.47. The molecule has 5 N–H and O–H groups in total. The molecule has 0 saturated carbocycles. The van der Waals surface area contributed by atoms with Crippen LogP contribution in [0.3, 0.4) is 0 Å². The van der Waals surface area contributed by atoms with Gasteiger partial charge in [-0.1, -0.05) is 220 Å². The fourth-order valence-corrected chi connectivity index (χ4v) is 8.16. The van der Waals surface area contributed by atoms with Gasteiger partial charge in [-0.15, -0.1) is 0 Å². The SMILES string of the molecule is CC.CCCCCCCCCCCCCCCCCCNC(=O)CN(CCN(CCN(CC(=O)O)CC(=O)NCCCCCCCCCCCCCCCCCC)CC(=O)O)CC(=O)O. The maximum atomic E-state index is 12.7. The molecule has 0 saturated heterocycles. The van der Waals surface area contributed by atoms with Gasteiger partial charge in [0, 0.05) is 39.3 Å². The van der Waals surface area contributed by atoms with Crippen molar-refractivity contribution in [3.8, 4) is 0 Å².